The predicted octanol–water partition coefficient (Wildman–Crippen LogP) is 11.7. The van der Waals surface area contributed by atoms with Gasteiger partial charge >= 0.3 is 0 Å². The summed E-state index contributed by atoms with van der Waals surface area (Å²) in [5.41, 5.74) is 0.853. The monoisotopic (exact) mass is 794 g/mol. The maximum atomic E-state index is 12.1. The molecule has 18 heteroatoms. The van der Waals surface area contributed by atoms with E-state index < -0.39 is 19.7 Å². The van der Waals surface area contributed by atoms with E-state index in [1.54, 1.807) is 97.1 Å². The summed E-state index contributed by atoms with van der Waals surface area (Å²) in [5, 5.41) is 54.5. The first-order valence-corrected chi connectivity index (χ1v) is 18.8. The fourth-order valence-electron chi connectivity index (χ4n) is 5.29. The van der Waals surface area contributed by atoms with Gasteiger partial charge in [0.2, 0.25) is 0 Å². The first-order valence-electron chi connectivity index (χ1n) is 15.6. The molecule has 2 N–H and O–H groups in total. The SMILES string of the molecule is O=[N+]([O-])c1cc2ccc1Nc1ccc(cc1)Sc1ccc(cc1[N+](=O)[O-])Sc1ccc(c([N+](=O)[O-])c1)Sc1ccc(cc1)Nc1ccc(cc1[N+](=O)[O-])S2. The van der Waals surface area contributed by atoms with E-state index in [4.69, 9.17) is 0 Å². The second kappa shape index (κ2) is 15.5. The van der Waals surface area contributed by atoms with Gasteiger partial charge in [-0.3, -0.25) is 40.5 Å². The van der Waals surface area contributed by atoms with Gasteiger partial charge in [-0.05, 0) is 97.1 Å². The fourth-order valence-corrected chi connectivity index (χ4v) is 8.86. The average molecular weight is 795 g/mol. The summed E-state index contributed by atoms with van der Waals surface area (Å²) in [6.45, 7) is 0. The molecule has 268 valence electrons. The number of nitro benzene ring substituents is 4. The number of hydrogen-bond donors (Lipinski definition) is 2. The molecular formula is C36H22N6O8S4. The van der Waals surface area contributed by atoms with Crippen LogP contribution < -0.4 is 10.6 Å². The lowest BCUT2D eigenvalue weighted by Gasteiger charge is -2.11. The molecule has 0 fully saturated rings. The summed E-state index contributed by atoms with van der Waals surface area (Å²) in [6, 6.07) is 32.5. The normalized spacial score (nSPS) is 12.3. The molecule has 12 bridgehead atoms. The lowest BCUT2D eigenvalue weighted by molar-refractivity contribution is -0.388. The third-order valence-electron chi connectivity index (χ3n) is 7.78. The van der Waals surface area contributed by atoms with Crippen LogP contribution in [0.25, 0.3) is 0 Å². The Kier molecular flexibility index (Phi) is 10.4. The number of nitro groups is 4. The van der Waals surface area contributed by atoms with Gasteiger partial charge in [0, 0.05) is 65.0 Å². The lowest BCUT2D eigenvalue weighted by atomic mass is 10.2. The quantitative estimate of drug-likeness (QED) is 0.126. The second-order valence-corrected chi connectivity index (χ2v) is 15.9. The molecule has 16 aliphatic rings. The van der Waals surface area contributed by atoms with Crippen LogP contribution in [0.3, 0.4) is 0 Å². The highest BCUT2D eigenvalue weighted by Gasteiger charge is 2.22. The van der Waals surface area contributed by atoms with E-state index >= 15 is 0 Å². The van der Waals surface area contributed by atoms with Crippen molar-refractivity contribution >= 4 is 92.5 Å². The van der Waals surface area contributed by atoms with Gasteiger partial charge in [-0.25, -0.2) is 0 Å². The molecule has 16 heterocycles. The number of anilines is 4. The summed E-state index contributed by atoms with van der Waals surface area (Å²) >= 11 is 4.63. The van der Waals surface area contributed by atoms with Gasteiger partial charge in [0.05, 0.1) is 29.5 Å². The van der Waals surface area contributed by atoms with E-state index in [1.807, 2.05) is 0 Å². The zero-order valence-electron chi connectivity index (χ0n) is 27.2. The van der Waals surface area contributed by atoms with Crippen molar-refractivity contribution in [2.45, 2.75) is 39.2 Å². The molecular weight excluding hydrogens is 773 g/mol. The minimum absolute atomic E-state index is 0.134. The van der Waals surface area contributed by atoms with Gasteiger partial charge in [-0.1, -0.05) is 47.0 Å². The maximum absolute atomic E-state index is 12.1. The van der Waals surface area contributed by atoms with E-state index in [9.17, 15) is 40.5 Å². The minimum atomic E-state index is -0.518. The van der Waals surface area contributed by atoms with Crippen molar-refractivity contribution in [3.8, 4) is 0 Å². The van der Waals surface area contributed by atoms with Crippen molar-refractivity contribution < 1.29 is 19.7 Å². The number of nitrogens with one attached hydrogen (secondary N) is 2. The molecule has 14 nitrogen and oxygen atoms in total. The Bertz CT molecular complexity index is 2140. The highest BCUT2D eigenvalue weighted by Crippen LogP contribution is 2.43. The van der Waals surface area contributed by atoms with Crippen LogP contribution in [0, 0.1) is 40.5 Å². The van der Waals surface area contributed by atoms with E-state index in [2.05, 4.69) is 10.6 Å². The fraction of sp³-hybridized carbons (Fsp3) is 0. The van der Waals surface area contributed by atoms with Crippen LogP contribution in [0.1, 0.15) is 0 Å². The number of nitrogens with zero attached hydrogens (tertiary/aromatic N) is 4. The zero-order chi connectivity index (χ0) is 37.9. The van der Waals surface area contributed by atoms with E-state index in [-0.39, 0.29) is 34.1 Å². The average Bonchev–Trinajstić information content (AvgIpc) is 3.15. The molecule has 0 saturated carbocycles. The molecule has 22 rings (SSSR count). The van der Waals surface area contributed by atoms with Gasteiger partial charge in [0.25, 0.3) is 22.7 Å². The van der Waals surface area contributed by atoms with Crippen LogP contribution in [-0.2, 0) is 0 Å². The number of benzene rings is 6. The Morgan fingerprint density at radius 2 is 0.648 bits per heavy atom. The van der Waals surface area contributed by atoms with Gasteiger partial charge in [0.1, 0.15) is 11.4 Å². The van der Waals surface area contributed by atoms with Crippen LogP contribution in [-0.4, -0.2) is 19.7 Å². The van der Waals surface area contributed by atoms with Gasteiger partial charge in [0.15, 0.2) is 0 Å². The third kappa shape index (κ3) is 8.26. The molecule has 0 saturated heterocycles. The molecule has 0 aliphatic carbocycles. The lowest BCUT2D eigenvalue weighted by Crippen LogP contribution is -1.98. The Balaban J connectivity index is 1.27. The summed E-state index contributed by atoms with van der Waals surface area (Å²) in [6.07, 6.45) is 0. The first kappa shape index (κ1) is 36.3. The highest BCUT2D eigenvalue weighted by molar-refractivity contribution is 8.00. The molecule has 0 spiro atoms. The standard InChI is InChI=1S/C36H22N6O8S4/c43-39(44)31-17-25-9-13-29(31)37-21-1-5-23(6-2-21)53-35-15-11-27(19-33(35)41(47)48)52-28-12-16-36(34(20-28)42(49)50)54-24-7-3-22(4-8-24)38-30-14-10-26(51-25)18-32(30)40(45)46/h1-20,37-38H. The summed E-state index contributed by atoms with van der Waals surface area (Å²) in [7, 11) is 0. The van der Waals surface area contributed by atoms with Crippen molar-refractivity contribution in [3.63, 3.8) is 0 Å². The molecule has 0 amide bonds. The Morgan fingerprint density at radius 3 is 0.981 bits per heavy atom. The minimum Gasteiger partial charge on any atom is -0.350 e. The van der Waals surface area contributed by atoms with Crippen molar-refractivity contribution in [3.05, 3.63) is 162 Å². The van der Waals surface area contributed by atoms with Gasteiger partial charge in [-0.2, -0.15) is 0 Å². The molecule has 0 unspecified atom stereocenters. The van der Waals surface area contributed by atoms with Crippen LogP contribution in [0.4, 0.5) is 45.5 Å². The molecule has 0 radical (unpaired) electrons. The third-order valence-corrected chi connectivity index (χ3v) is 11.9. The van der Waals surface area contributed by atoms with Crippen molar-refractivity contribution in [1.29, 1.82) is 0 Å². The summed E-state index contributed by atoms with van der Waals surface area (Å²) < 4.78 is 0. The van der Waals surface area contributed by atoms with Gasteiger partial charge in [-0.15, -0.1) is 0 Å². The van der Waals surface area contributed by atoms with Crippen molar-refractivity contribution in [2.75, 3.05) is 10.6 Å². The molecule has 16 aliphatic heterocycles. The summed E-state index contributed by atoms with van der Waals surface area (Å²) in [5.74, 6) is 0. The Morgan fingerprint density at radius 1 is 0.352 bits per heavy atom. The molecule has 0 aromatic heterocycles. The number of rotatable bonds is 4. The van der Waals surface area contributed by atoms with Crippen molar-refractivity contribution in [2.24, 2.45) is 0 Å². The van der Waals surface area contributed by atoms with Crippen LogP contribution in [0.5, 0.6) is 0 Å². The van der Waals surface area contributed by atoms with E-state index in [0.717, 1.165) is 23.5 Å². The first-order chi connectivity index (χ1) is 26.0. The second-order valence-electron chi connectivity index (χ2n) is 11.4. The smallest absolute Gasteiger partial charge is 0.293 e. The Hall–Kier alpha value is -6.08. The van der Waals surface area contributed by atoms with Crippen LogP contribution >= 0.6 is 47.0 Å². The topological polar surface area (TPSA) is 197 Å². The van der Waals surface area contributed by atoms with E-state index in [1.165, 1.54) is 47.8 Å². The largest absolute Gasteiger partial charge is 0.350 e. The molecule has 54 heavy (non-hydrogen) atoms. The Labute approximate surface area is 322 Å². The zero-order valence-corrected chi connectivity index (χ0v) is 30.5. The molecule has 6 aromatic rings. The van der Waals surface area contributed by atoms with Gasteiger partial charge < -0.3 is 10.6 Å². The summed E-state index contributed by atoms with van der Waals surface area (Å²) in [4.78, 5) is 50.5. The predicted molar refractivity (Wildman–Crippen MR) is 208 cm³/mol. The van der Waals surface area contributed by atoms with Crippen LogP contribution in [0.2, 0.25) is 0 Å². The molecule has 0 atom stereocenters. The number of hydrogen-bond acceptors (Lipinski definition) is 14. The van der Waals surface area contributed by atoms with Crippen molar-refractivity contribution in [1.82, 2.24) is 0 Å². The molecule has 6 aromatic carbocycles. The highest BCUT2D eigenvalue weighted by atomic mass is 32.2. The van der Waals surface area contributed by atoms with Crippen LogP contribution in [0.15, 0.2) is 160 Å². The maximum Gasteiger partial charge on any atom is 0.293 e. The van der Waals surface area contributed by atoms with E-state index in [0.29, 0.717) is 50.5 Å².